The van der Waals surface area contributed by atoms with Gasteiger partial charge in [-0.15, -0.1) is 0 Å². The normalized spacial score (nSPS) is 23.0. The Balaban J connectivity index is 1.84. The number of rotatable bonds is 5. The van der Waals surface area contributed by atoms with Gasteiger partial charge in [-0.2, -0.15) is 4.31 Å². The molecule has 0 aromatic heterocycles. The fourth-order valence-corrected chi connectivity index (χ4v) is 4.91. The van der Waals surface area contributed by atoms with Crippen LogP contribution in [0.2, 0.25) is 0 Å². The molecule has 1 unspecified atom stereocenters. The van der Waals surface area contributed by atoms with E-state index < -0.39 is 27.4 Å². The quantitative estimate of drug-likeness (QED) is 0.824. The van der Waals surface area contributed by atoms with E-state index in [2.05, 4.69) is 5.32 Å². The monoisotopic (exact) mass is 366 g/mol. The lowest BCUT2D eigenvalue weighted by molar-refractivity contribution is -0.140. The van der Waals surface area contributed by atoms with Crippen molar-refractivity contribution in [2.45, 2.75) is 55.5 Å². The predicted octanol–water partition coefficient (Wildman–Crippen LogP) is 1.60. The van der Waals surface area contributed by atoms with Crippen LogP contribution in [0.3, 0.4) is 0 Å². The minimum absolute atomic E-state index is 0.0640. The summed E-state index contributed by atoms with van der Waals surface area (Å²) in [6.45, 7) is 2.36. The number of carboxylic acid groups (broad SMARTS) is 1. The summed E-state index contributed by atoms with van der Waals surface area (Å²) in [4.78, 5) is 23.6. The highest BCUT2D eigenvalue weighted by Crippen LogP contribution is 2.36. The second kappa shape index (κ2) is 6.42. The summed E-state index contributed by atoms with van der Waals surface area (Å²) in [7, 11) is -3.67. The van der Waals surface area contributed by atoms with Crippen molar-refractivity contribution >= 4 is 21.9 Å². The summed E-state index contributed by atoms with van der Waals surface area (Å²) >= 11 is 0. The molecule has 0 radical (unpaired) electrons. The van der Waals surface area contributed by atoms with Gasteiger partial charge in [0.2, 0.25) is 10.0 Å². The molecule has 1 heterocycles. The number of hydrogen-bond donors (Lipinski definition) is 2. The van der Waals surface area contributed by atoms with Crippen LogP contribution in [0.1, 0.15) is 49.4 Å². The van der Waals surface area contributed by atoms with E-state index in [4.69, 9.17) is 5.11 Å². The molecule has 1 aromatic carbocycles. The zero-order valence-corrected chi connectivity index (χ0v) is 14.9. The summed E-state index contributed by atoms with van der Waals surface area (Å²) in [5.41, 5.74) is -1.05. The van der Waals surface area contributed by atoms with Crippen LogP contribution in [-0.2, 0) is 14.8 Å². The van der Waals surface area contributed by atoms with Crippen LogP contribution in [0, 0.1) is 0 Å². The Bertz CT molecular complexity index is 801. The lowest BCUT2D eigenvalue weighted by Gasteiger charge is -2.32. The third kappa shape index (κ3) is 3.41. The number of amides is 1. The van der Waals surface area contributed by atoms with Gasteiger partial charge < -0.3 is 10.4 Å². The molecule has 2 fully saturated rings. The van der Waals surface area contributed by atoms with E-state index in [-0.39, 0.29) is 16.5 Å². The van der Waals surface area contributed by atoms with Gasteiger partial charge in [-0.05, 0) is 50.8 Å². The van der Waals surface area contributed by atoms with Crippen LogP contribution in [-0.4, -0.2) is 47.8 Å². The summed E-state index contributed by atoms with van der Waals surface area (Å²) in [6, 6.07) is 5.72. The number of sulfonamides is 1. The van der Waals surface area contributed by atoms with Crippen molar-refractivity contribution < 1.29 is 23.1 Å². The number of carboxylic acids is 1. The van der Waals surface area contributed by atoms with Gasteiger partial charge in [0, 0.05) is 18.2 Å². The molecule has 1 aliphatic carbocycles. The molecule has 1 amide bonds. The minimum atomic E-state index is -3.67. The van der Waals surface area contributed by atoms with Crippen molar-refractivity contribution in [3.63, 3.8) is 0 Å². The molecule has 136 valence electrons. The molecule has 3 rings (SSSR count). The second-order valence-electron chi connectivity index (χ2n) is 6.83. The molecule has 1 aliphatic heterocycles. The van der Waals surface area contributed by atoms with Crippen molar-refractivity contribution in [1.29, 1.82) is 0 Å². The Kier molecular flexibility index (Phi) is 4.59. The number of piperidine rings is 1. The van der Waals surface area contributed by atoms with Gasteiger partial charge in [-0.3, -0.25) is 4.79 Å². The van der Waals surface area contributed by atoms with E-state index in [1.165, 1.54) is 28.6 Å². The number of carbonyl (C=O) groups excluding carboxylic acids is 1. The van der Waals surface area contributed by atoms with Gasteiger partial charge in [0.05, 0.1) is 4.90 Å². The molecule has 0 spiro atoms. The largest absolute Gasteiger partial charge is 0.480 e. The highest BCUT2D eigenvalue weighted by atomic mass is 32.2. The zero-order chi connectivity index (χ0) is 18.2. The Morgan fingerprint density at radius 1 is 1.28 bits per heavy atom. The zero-order valence-electron chi connectivity index (χ0n) is 14.1. The summed E-state index contributed by atoms with van der Waals surface area (Å²) in [6.07, 6.45) is 3.42. The molecular weight excluding hydrogens is 344 g/mol. The Hall–Kier alpha value is -1.93. The first-order valence-corrected chi connectivity index (χ1v) is 9.88. The SMILES string of the molecule is CC1CCCCN1S(=O)(=O)c1cccc(C(=O)NC2(C(=O)O)CC2)c1. The molecule has 1 saturated carbocycles. The fourth-order valence-electron chi connectivity index (χ4n) is 3.17. The molecule has 7 nitrogen and oxygen atoms in total. The molecular formula is C17H22N2O5S. The van der Waals surface area contributed by atoms with Gasteiger partial charge in [0.25, 0.3) is 5.91 Å². The topological polar surface area (TPSA) is 104 Å². The summed E-state index contributed by atoms with van der Waals surface area (Å²) in [5.74, 6) is -1.63. The highest BCUT2D eigenvalue weighted by molar-refractivity contribution is 7.89. The van der Waals surface area contributed by atoms with Gasteiger partial charge >= 0.3 is 5.97 Å². The van der Waals surface area contributed by atoms with Gasteiger partial charge in [0.15, 0.2) is 0 Å². The Morgan fingerprint density at radius 3 is 2.60 bits per heavy atom. The minimum Gasteiger partial charge on any atom is -0.480 e. The molecule has 25 heavy (non-hydrogen) atoms. The summed E-state index contributed by atoms with van der Waals surface area (Å²) < 4.78 is 27.2. The second-order valence-corrected chi connectivity index (χ2v) is 8.72. The maximum absolute atomic E-state index is 12.9. The standard InChI is InChI=1S/C17H22N2O5S/c1-12-5-2-3-10-19(12)25(23,24)14-7-4-6-13(11-14)15(20)18-17(8-9-17)16(21)22/h4,6-7,11-12H,2-3,5,8-10H2,1H3,(H,18,20)(H,21,22). The van der Waals surface area contributed by atoms with Crippen molar-refractivity contribution in [3.8, 4) is 0 Å². The first-order chi connectivity index (χ1) is 11.8. The smallest absolute Gasteiger partial charge is 0.329 e. The predicted molar refractivity (Wildman–Crippen MR) is 90.7 cm³/mol. The summed E-state index contributed by atoms with van der Waals surface area (Å²) in [5, 5.41) is 11.7. The van der Waals surface area contributed by atoms with Gasteiger partial charge in [0.1, 0.15) is 5.54 Å². The van der Waals surface area contributed by atoms with Crippen molar-refractivity contribution in [3.05, 3.63) is 29.8 Å². The Labute approximate surface area is 147 Å². The lowest BCUT2D eigenvalue weighted by atomic mass is 10.1. The fraction of sp³-hybridized carbons (Fsp3) is 0.529. The number of nitrogens with one attached hydrogen (secondary N) is 1. The number of aliphatic carboxylic acids is 1. The average Bonchev–Trinajstić information content (AvgIpc) is 3.36. The van der Waals surface area contributed by atoms with E-state index in [0.717, 1.165) is 19.3 Å². The molecule has 1 aromatic rings. The first-order valence-electron chi connectivity index (χ1n) is 8.44. The van der Waals surface area contributed by atoms with Crippen LogP contribution in [0.5, 0.6) is 0 Å². The molecule has 0 bridgehead atoms. The molecule has 1 saturated heterocycles. The number of carbonyl (C=O) groups is 2. The van der Waals surface area contributed by atoms with Crippen LogP contribution >= 0.6 is 0 Å². The third-order valence-corrected chi connectivity index (χ3v) is 6.97. The van der Waals surface area contributed by atoms with E-state index >= 15 is 0 Å². The van der Waals surface area contributed by atoms with E-state index in [1.54, 1.807) is 0 Å². The highest BCUT2D eigenvalue weighted by Gasteiger charge is 2.51. The van der Waals surface area contributed by atoms with Gasteiger partial charge in [-0.25, -0.2) is 13.2 Å². The van der Waals surface area contributed by atoms with E-state index in [9.17, 15) is 18.0 Å². The molecule has 1 atom stereocenters. The van der Waals surface area contributed by atoms with Gasteiger partial charge in [-0.1, -0.05) is 12.5 Å². The van der Waals surface area contributed by atoms with Crippen LogP contribution in [0.25, 0.3) is 0 Å². The maximum Gasteiger partial charge on any atom is 0.329 e. The van der Waals surface area contributed by atoms with Crippen LogP contribution in [0.15, 0.2) is 29.2 Å². The van der Waals surface area contributed by atoms with Crippen molar-refractivity contribution in [2.75, 3.05) is 6.54 Å². The van der Waals surface area contributed by atoms with E-state index in [0.29, 0.717) is 19.4 Å². The molecule has 2 N–H and O–H groups in total. The third-order valence-electron chi connectivity index (χ3n) is 4.96. The number of nitrogens with zero attached hydrogens (tertiary/aromatic N) is 1. The Morgan fingerprint density at radius 2 is 2.00 bits per heavy atom. The number of hydrogen-bond acceptors (Lipinski definition) is 4. The van der Waals surface area contributed by atoms with E-state index in [1.807, 2.05) is 6.92 Å². The van der Waals surface area contributed by atoms with Crippen molar-refractivity contribution in [2.24, 2.45) is 0 Å². The van der Waals surface area contributed by atoms with Crippen LogP contribution in [0.4, 0.5) is 0 Å². The molecule has 2 aliphatic rings. The number of benzene rings is 1. The first kappa shape index (κ1) is 17.9. The maximum atomic E-state index is 12.9. The average molecular weight is 366 g/mol. The van der Waals surface area contributed by atoms with Crippen molar-refractivity contribution in [1.82, 2.24) is 9.62 Å². The lowest BCUT2D eigenvalue weighted by Crippen LogP contribution is -2.43. The molecule has 8 heteroatoms. The van der Waals surface area contributed by atoms with Crippen LogP contribution < -0.4 is 5.32 Å².